The Labute approximate surface area is 125 Å². The lowest BCUT2D eigenvalue weighted by atomic mass is 10.2. The fourth-order valence-electron chi connectivity index (χ4n) is 2.34. The molecule has 9 nitrogen and oxygen atoms in total. The summed E-state index contributed by atoms with van der Waals surface area (Å²) in [6.07, 6.45) is 1.89. The fraction of sp³-hybridized carbons (Fsp3) is 0.615. The Kier molecular flexibility index (Phi) is 4.74. The van der Waals surface area contributed by atoms with Crippen molar-refractivity contribution in [2.45, 2.75) is 45.8 Å². The van der Waals surface area contributed by atoms with Gasteiger partial charge in [-0.15, -0.1) is 5.10 Å². The van der Waals surface area contributed by atoms with E-state index >= 15 is 0 Å². The van der Waals surface area contributed by atoms with Crippen molar-refractivity contribution in [2.24, 2.45) is 7.05 Å². The van der Waals surface area contributed by atoms with E-state index in [1.807, 2.05) is 6.92 Å². The summed E-state index contributed by atoms with van der Waals surface area (Å²) in [4.78, 5) is 35.2. The third-order valence-corrected chi connectivity index (χ3v) is 3.43. The molecule has 0 bridgehead atoms. The summed E-state index contributed by atoms with van der Waals surface area (Å²) in [5.74, 6) is -0.310. The minimum absolute atomic E-state index is 0.170. The number of carbonyl (C=O) groups is 1. The second kappa shape index (κ2) is 6.54. The molecule has 0 spiro atoms. The standard InChI is InChI=1S/C13H19N5O4/c1-8(22-9(2)19)6-4-5-7-18-12(20)10-11(15-16-14-10)17(3)13(18)21/h8H,4-7H2,1-3H3,(H,14,15,16)/t8-/m1/s1. The Morgan fingerprint density at radius 3 is 2.77 bits per heavy atom. The van der Waals surface area contributed by atoms with E-state index < -0.39 is 11.2 Å². The van der Waals surface area contributed by atoms with Crippen LogP contribution < -0.4 is 11.2 Å². The van der Waals surface area contributed by atoms with Gasteiger partial charge in [0, 0.05) is 20.5 Å². The molecule has 0 aliphatic rings. The molecular formula is C13H19N5O4. The van der Waals surface area contributed by atoms with Crippen LogP contribution in [0.5, 0.6) is 0 Å². The zero-order valence-corrected chi connectivity index (χ0v) is 12.8. The van der Waals surface area contributed by atoms with Gasteiger partial charge < -0.3 is 4.74 Å². The highest BCUT2D eigenvalue weighted by Gasteiger charge is 2.13. The predicted molar refractivity (Wildman–Crippen MR) is 78.5 cm³/mol. The SMILES string of the molecule is CC(=O)O[C@H](C)CCCCn1c(=O)c2[nH]nnc2n(C)c1=O. The van der Waals surface area contributed by atoms with Crippen molar-refractivity contribution >= 4 is 17.1 Å². The number of aryl methyl sites for hydroxylation is 1. The van der Waals surface area contributed by atoms with Gasteiger partial charge >= 0.3 is 11.7 Å². The van der Waals surface area contributed by atoms with Gasteiger partial charge in [-0.05, 0) is 26.2 Å². The monoisotopic (exact) mass is 309 g/mol. The Morgan fingerprint density at radius 2 is 2.09 bits per heavy atom. The topological polar surface area (TPSA) is 112 Å². The van der Waals surface area contributed by atoms with E-state index in [4.69, 9.17) is 4.74 Å². The van der Waals surface area contributed by atoms with Crippen LogP contribution in [0.4, 0.5) is 0 Å². The first kappa shape index (κ1) is 15.9. The van der Waals surface area contributed by atoms with E-state index in [2.05, 4.69) is 15.4 Å². The molecule has 0 saturated carbocycles. The zero-order chi connectivity index (χ0) is 16.3. The lowest BCUT2D eigenvalue weighted by Crippen LogP contribution is -2.39. The molecule has 120 valence electrons. The number of hydrogen-bond acceptors (Lipinski definition) is 6. The van der Waals surface area contributed by atoms with Crippen LogP contribution in [-0.4, -0.2) is 36.6 Å². The normalized spacial score (nSPS) is 12.5. The Balaban J connectivity index is 2.05. The van der Waals surface area contributed by atoms with Crippen LogP contribution in [0.1, 0.15) is 33.1 Å². The smallest absolute Gasteiger partial charge is 0.332 e. The first-order valence-corrected chi connectivity index (χ1v) is 7.09. The van der Waals surface area contributed by atoms with Crippen LogP contribution in [0.25, 0.3) is 11.2 Å². The highest BCUT2D eigenvalue weighted by Crippen LogP contribution is 2.05. The van der Waals surface area contributed by atoms with Gasteiger partial charge in [0.1, 0.15) is 0 Å². The van der Waals surface area contributed by atoms with Gasteiger partial charge in [-0.1, -0.05) is 5.21 Å². The van der Waals surface area contributed by atoms with E-state index in [1.54, 1.807) is 7.05 Å². The van der Waals surface area contributed by atoms with E-state index in [9.17, 15) is 14.4 Å². The van der Waals surface area contributed by atoms with Gasteiger partial charge in [0.15, 0.2) is 11.2 Å². The summed E-state index contributed by atoms with van der Waals surface area (Å²) in [6.45, 7) is 3.48. The van der Waals surface area contributed by atoms with E-state index in [1.165, 1.54) is 16.1 Å². The summed E-state index contributed by atoms with van der Waals surface area (Å²) in [5.41, 5.74) is -0.374. The van der Waals surface area contributed by atoms with Crippen LogP contribution in [0.2, 0.25) is 0 Å². The first-order chi connectivity index (χ1) is 10.4. The molecule has 0 amide bonds. The minimum atomic E-state index is -0.420. The molecule has 1 atom stereocenters. The third kappa shape index (κ3) is 3.23. The van der Waals surface area contributed by atoms with Gasteiger partial charge in [-0.25, -0.2) is 4.79 Å². The van der Waals surface area contributed by atoms with Crippen molar-refractivity contribution in [2.75, 3.05) is 0 Å². The van der Waals surface area contributed by atoms with Crippen molar-refractivity contribution in [1.82, 2.24) is 24.5 Å². The molecule has 2 rings (SSSR count). The molecule has 0 aliphatic carbocycles. The average molecular weight is 309 g/mol. The molecule has 2 heterocycles. The molecule has 2 aromatic heterocycles. The van der Waals surface area contributed by atoms with Crippen LogP contribution in [0.15, 0.2) is 9.59 Å². The lowest BCUT2D eigenvalue weighted by molar-refractivity contribution is -0.145. The largest absolute Gasteiger partial charge is 0.463 e. The molecule has 0 aromatic carbocycles. The number of fused-ring (bicyclic) bond motifs is 1. The maximum absolute atomic E-state index is 12.2. The quantitative estimate of drug-likeness (QED) is 0.591. The lowest BCUT2D eigenvalue weighted by Gasteiger charge is -2.11. The van der Waals surface area contributed by atoms with Crippen LogP contribution >= 0.6 is 0 Å². The number of aromatic nitrogens is 5. The number of H-pyrrole nitrogens is 1. The summed E-state index contributed by atoms with van der Waals surface area (Å²) >= 11 is 0. The molecule has 1 N–H and O–H groups in total. The van der Waals surface area contributed by atoms with Crippen LogP contribution in [0, 0.1) is 0 Å². The van der Waals surface area contributed by atoms with Gasteiger partial charge in [0.2, 0.25) is 0 Å². The average Bonchev–Trinajstić information content (AvgIpc) is 2.93. The van der Waals surface area contributed by atoms with Crippen molar-refractivity contribution in [3.8, 4) is 0 Å². The number of aromatic amines is 1. The number of nitrogens with zero attached hydrogens (tertiary/aromatic N) is 4. The maximum atomic E-state index is 12.2. The second-order valence-corrected chi connectivity index (χ2v) is 5.22. The van der Waals surface area contributed by atoms with Crippen LogP contribution in [0.3, 0.4) is 0 Å². The van der Waals surface area contributed by atoms with Gasteiger partial charge in [-0.2, -0.15) is 0 Å². The van der Waals surface area contributed by atoms with Crippen molar-refractivity contribution in [3.63, 3.8) is 0 Å². The molecule has 22 heavy (non-hydrogen) atoms. The Hall–Kier alpha value is -2.45. The summed E-state index contributed by atoms with van der Waals surface area (Å²) in [7, 11) is 1.55. The highest BCUT2D eigenvalue weighted by atomic mass is 16.5. The molecule has 0 aliphatic heterocycles. The molecule has 0 radical (unpaired) electrons. The number of unbranched alkanes of at least 4 members (excludes halogenated alkanes) is 1. The second-order valence-electron chi connectivity index (χ2n) is 5.22. The summed E-state index contributed by atoms with van der Waals surface area (Å²) < 4.78 is 7.48. The molecule has 9 heteroatoms. The highest BCUT2D eigenvalue weighted by molar-refractivity contribution is 5.67. The predicted octanol–water partition coefficient (Wildman–Crippen LogP) is -0.0598. The zero-order valence-electron chi connectivity index (χ0n) is 12.8. The third-order valence-electron chi connectivity index (χ3n) is 3.43. The first-order valence-electron chi connectivity index (χ1n) is 7.09. The molecule has 0 saturated heterocycles. The molecule has 0 unspecified atom stereocenters. The van der Waals surface area contributed by atoms with Gasteiger partial charge in [0.25, 0.3) is 5.56 Å². The number of hydrogen-bond donors (Lipinski definition) is 1. The van der Waals surface area contributed by atoms with Gasteiger partial charge in [0.05, 0.1) is 6.10 Å². The van der Waals surface area contributed by atoms with Crippen molar-refractivity contribution in [3.05, 3.63) is 20.8 Å². The summed E-state index contributed by atoms with van der Waals surface area (Å²) in [5, 5.41) is 9.79. The summed E-state index contributed by atoms with van der Waals surface area (Å²) in [6, 6.07) is 0. The van der Waals surface area contributed by atoms with E-state index in [0.717, 1.165) is 6.42 Å². The number of rotatable bonds is 6. The minimum Gasteiger partial charge on any atom is -0.463 e. The molecular weight excluding hydrogens is 290 g/mol. The molecule has 2 aromatic rings. The maximum Gasteiger partial charge on any atom is 0.332 e. The number of esters is 1. The number of ether oxygens (including phenoxy) is 1. The number of nitrogens with one attached hydrogen (secondary N) is 1. The molecule has 0 fully saturated rings. The number of carbonyl (C=O) groups excluding carboxylic acids is 1. The van der Waals surface area contributed by atoms with Gasteiger partial charge in [-0.3, -0.25) is 23.8 Å². The Morgan fingerprint density at radius 1 is 1.36 bits per heavy atom. The van der Waals surface area contributed by atoms with Crippen molar-refractivity contribution in [1.29, 1.82) is 0 Å². The van der Waals surface area contributed by atoms with E-state index in [-0.39, 0.29) is 23.2 Å². The van der Waals surface area contributed by atoms with E-state index in [0.29, 0.717) is 19.4 Å². The van der Waals surface area contributed by atoms with Crippen LogP contribution in [-0.2, 0) is 23.1 Å². The Bertz CT molecular complexity index is 788. The van der Waals surface area contributed by atoms with Crippen molar-refractivity contribution < 1.29 is 9.53 Å². The fourth-order valence-corrected chi connectivity index (χ4v) is 2.34.